The fraction of sp³-hybridized carbons (Fsp3) is 0.867. The van der Waals surface area contributed by atoms with Crippen LogP contribution in [0.3, 0.4) is 0 Å². The summed E-state index contributed by atoms with van der Waals surface area (Å²) < 4.78 is 0. The predicted octanol–water partition coefficient (Wildman–Crippen LogP) is 0.927. The van der Waals surface area contributed by atoms with E-state index in [-0.39, 0.29) is 30.1 Å². The average Bonchev–Trinajstić information content (AvgIpc) is 2.49. The molecule has 2 amide bonds. The van der Waals surface area contributed by atoms with Crippen LogP contribution in [0.1, 0.15) is 38.5 Å². The molecule has 5 nitrogen and oxygen atoms in total. The normalized spacial score (nSPS) is 28.7. The number of hydrogen-bond acceptors (Lipinski definition) is 3. The van der Waals surface area contributed by atoms with Crippen molar-refractivity contribution in [3.63, 3.8) is 0 Å². The van der Waals surface area contributed by atoms with Crippen LogP contribution >= 0.6 is 12.4 Å². The van der Waals surface area contributed by atoms with Crippen LogP contribution in [0.5, 0.6) is 0 Å². The van der Waals surface area contributed by atoms with E-state index in [1.807, 2.05) is 4.90 Å². The number of rotatable bonds is 1. The monoisotopic (exact) mass is 315 g/mol. The molecule has 120 valence electrons. The molecule has 3 rings (SSSR count). The Bertz CT molecular complexity index is 376. The smallest absolute Gasteiger partial charge is 0.227 e. The molecule has 2 N–H and O–H groups in total. The van der Waals surface area contributed by atoms with Crippen LogP contribution in [0.25, 0.3) is 0 Å². The fourth-order valence-corrected chi connectivity index (χ4v) is 3.86. The summed E-state index contributed by atoms with van der Waals surface area (Å²) in [5.74, 6) is 0.352. The van der Waals surface area contributed by atoms with Gasteiger partial charge in [0, 0.05) is 26.1 Å². The predicted molar refractivity (Wildman–Crippen MR) is 83.3 cm³/mol. The van der Waals surface area contributed by atoms with Crippen LogP contribution in [0.2, 0.25) is 0 Å². The largest absolute Gasteiger partial charge is 0.355 e. The van der Waals surface area contributed by atoms with Gasteiger partial charge >= 0.3 is 0 Å². The van der Waals surface area contributed by atoms with Crippen LogP contribution < -0.4 is 10.6 Å². The first-order valence-electron chi connectivity index (χ1n) is 7.95. The zero-order valence-electron chi connectivity index (χ0n) is 12.5. The van der Waals surface area contributed by atoms with E-state index in [1.165, 1.54) is 12.8 Å². The number of halogens is 1. The molecule has 0 aromatic carbocycles. The molecular weight excluding hydrogens is 290 g/mol. The van der Waals surface area contributed by atoms with E-state index in [9.17, 15) is 9.59 Å². The quantitative estimate of drug-likeness (QED) is 0.756. The summed E-state index contributed by atoms with van der Waals surface area (Å²) in [5, 5.41) is 6.24. The third kappa shape index (κ3) is 3.69. The van der Waals surface area contributed by atoms with Crippen molar-refractivity contribution in [1.29, 1.82) is 0 Å². The fourth-order valence-electron chi connectivity index (χ4n) is 3.86. The van der Waals surface area contributed by atoms with Gasteiger partial charge in [0.1, 0.15) is 0 Å². The number of nitrogens with zero attached hydrogens (tertiary/aromatic N) is 1. The van der Waals surface area contributed by atoms with Crippen molar-refractivity contribution in [3.8, 4) is 0 Å². The number of amides is 2. The Labute approximate surface area is 132 Å². The van der Waals surface area contributed by atoms with Crippen LogP contribution in [-0.4, -0.2) is 49.4 Å². The maximum absolute atomic E-state index is 12.5. The van der Waals surface area contributed by atoms with Crippen LogP contribution in [0, 0.1) is 11.3 Å². The molecule has 3 fully saturated rings. The summed E-state index contributed by atoms with van der Waals surface area (Å²) in [6, 6.07) is 0. The molecule has 0 saturated carbocycles. The molecule has 0 aromatic rings. The van der Waals surface area contributed by atoms with Gasteiger partial charge in [-0.1, -0.05) is 0 Å². The molecule has 3 heterocycles. The van der Waals surface area contributed by atoms with Crippen molar-refractivity contribution in [1.82, 2.24) is 15.5 Å². The molecule has 1 spiro atoms. The van der Waals surface area contributed by atoms with Crippen LogP contribution in [-0.2, 0) is 9.59 Å². The summed E-state index contributed by atoms with van der Waals surface area (Å²) in [5.41, 5.74) is 0.489. The van der Waals surface area contributed by atoms with Gasteiger partial charge < -0.3 is 15.5 Å². The Hall–Kier alpha value is -0.810. The molecule has 3 saturated heterocycles. The minimum absolute atomic E-state index is 0. The second kappa shape index (κ2) is 6.97. The minimum atomic E-state index is 0. The van der Waals surface area contributed by atoms with E-state index in [1.54, 1.807) is 0 Å². The number of likely N-dealkylation sites (tertiary alicyclic amines) is 1. The lowest BCUT2D eigenvalue weighted by Crippen LogP contribution is -2.50. The second-order valence-electron chi connectivity index (χ2n) is 6.61. The van der Waals surface area contributed by atoms with Gasteiger partial charge in [-0.25, -0.2) is 0 Å². The number of carbonyl (C=O) groups excluding carboxylic acids is 2. The Morgan fingerprint density at radius 3 is 2.38 bits per heavy atom. The second-order valence-corrected chi connectivity index (χ2v) is 6.61. The summed E-state index contributed by atoms with van der Waals surface area (Å²) in [7, 11) is 0. The third-order valence-electron chi connectivity index (χ3n) is 5.41. The first-order chi connectivity index (χ1) is 9.69. The highest BCUT2D eigenvalue weighted by molar-refractivity contribution is 5.85. The first kappa shape index (κ1) is 16.6. The van der Waals surface area contributed by atoms with Gasteiger partial charge in [-0.2, -0.15) is 0 Å². The van der Waals surface area contributed by atoms with Gasteiger partial charge in [-0.05, 0) is 50.6 Å². The van der Waals surface area contributed by atoms with Gasteiger partial charge in [0.15, 0.2) is 0 Å². The standard InChI is InChI=1S/C15H25N3O2.ClH/c19-13-2-1-12(11-17-13)14(20)18-9-5-15(6-10-18)3-7-16-8-4-15;/h12,16H,1-11H2,(H,17,19);1H. The van der Waals surface area contributed by atoms with E-state index in [0.29, 0.717) is 18.4 Å². The van der Waals surface area contributed by atoms with E-state index >= 15 is 0 Å². The Kier molecular flexibility index (Phi) is 5.49. The SMILES string of the molecule is Cl.O=C1CCC(C(=O)N2CCC3(CCNCC3)CC2)CN1. The number of hydrogen-bond donors (Lipinski definition) is 2. The highest BCUT2D eigenvalue weighted by atomic mass is 35.5. The highest BCUT2D eigenvalue weighted by Crippen LogP contribution is 2.39. The zero-order valence-corrected chi connectivity index (χ0v) is 13.3. The van der Waals surface area contributed by atoms with E-state index < -0.39 is 0 Å². The van der Waals surface area contributed by atoms with Gasteiger partial charge in [0.05, 0.1) is 5.92 Å². The van der Waals surface area contributed by atoms with E-state index in [2.05, 4.69) is 10.6 Å². The molecule has 1 atom stereocenters. The molecule has 3 aliphatic heterocycles. The van der Waals surface area contributed by atoms with Crippen molar-refractivity contribution < 1.29 is 9.59 Å². The van der Waals surface area contributed by atoms with Gasteiger partial charge in [-0.15, -0.1) is 12.4 Å². The lowest BCUT2D eigenvalue weighted by molar-refractivity contribution is -0.139. The van der Waals surface area contributed by atoms with Crippen LogP contribution in [0.4, 0.5) is 0 Å². The topological polar surface area (TPSA) is 61.4 Å². The first-order valence-corrected chi connectivity index (χ1v) is 7.95. The molecular formula is C15H26ClN3O2. The lowest BCUT2D eigenvalue weighted by Gasteiger charge is -2.45. The van der Waals surface area contributed by atoms with Crippen LogP contribution in [0.15, 0.2) is 0 Å². The summed E-state index contributed by atoms with van der Waals surface area (Å²) in [4.78, 5) is 25.7. The molecule has 3 aliphatic rings. The Morgan fingerprint density at radius 1 is 1.14 bits per heavy atom. The molecule has 0 aliphatic carbocycles. The Morgan fingerprint density at radius 2 is 1.81 bits per heavy atom. The Balaban J connectivity index is 0.00000161. The molecule has 21 heavy (non-hydrogen) atoms. The lowest BCUT2D eigenvalue weighted by atomic mass is 9.71. The maximum Gasteiger partial charge on any atom is 0.227 e. The number of piperidine rings is 3. The summed E-state index contributed by atoms with van der Waals surface area (Å²) in [6.45, 7) is 4.60. The van der Waals surface area contributed by atoms with Crippen molar-refractivity contribution in [2.75, 3.05) is 32.7 Å². The molecule has 0 aromatic heterocycles. The molecule has 1 unspecified atom stereocenters. The van der Waals surface area contributed by atoms with Crippen molar-refractivity contribution in [2.45, 2.75) is 38.5 Å². The summed E-state index contributed by atoms with van der Waals surface area (Å²) in [6.07, 6.45) is 6.04. The van der Waals surface area contributed by atoms with Crippen molar-refractivity contribution in [2.24, 2.45) is 11.3 Å². The van der Waals surface area contributed by atoms with Crippen molar-refractivity contribution in [3.05, 3.63) is 0 Å². The maximum atomic E-state index is 12.5. The van der Waals surface area contributed by atoms with Crippen molar-refractivity contribution >= 4 is 24.2 Å². The highest BCUT2D eigenvalue weighted by Gasteiger charge is 2.38. The van der Waals surface area contributed by atoms with E-state index in [0.717, 1.165) is 45.4 Å². The third-order valence-corrected chi connectivity index (χ3v) is 5.41. The number of nitrogens with one attached hydrogen (secondary N) is 2. The van der Waals surface area contributed by atoms with E-state index in [4.69, 9.17) is 0 Å². The molecule has 0 bridgehead atoms. The zero-order chi connectivity index (χ0) is 14.0. The average molecular weight is 316 g/mol. The van der Waals surface area contributed by atoms with Gasteiger partial charge in [0.25, 0.3) is 0 Å². The molecule has 0 radical (unpaired) electrons. The molecule has 6 heteroatoms. The summed E-state index contributed by atoms with van der Waals surface area (Å²) >= 11 is 0. The minimum Gasteiger partial charge on any atom is -0.355 e. The van der Waals surface area contributed by atoms with Gasteiger partial charge in [-0.3, -0.25) is 9.59 Å². The van der Waals surface area contributed by atoms with Gasteiger partial charge in [0.2, 0.25) is 11.8 Å². The number of carbonyl (C=O) groups is 2.